The van der Waals surface area contributed by atoms with Gasteiger partial charge in [0.15, 0.2) is 4.77 Å². The molecule has 2 aromatic heterocycles. The van der Waals surface area contributed by atoms with Gasteiger partial charge in [0.1, 0.15) is 5.82 Å². The fourth-order valence-electron chi connectivity index (χ4n) is 2.07. The van der Waals surface area contributed by atoms with Crippen molar-refractivity contribution in [2.75, 3.05) is 0 Å². The van der Waals surface area contributed by atoms with Crippen molar-refractivity contribution in [2.45, 2.75) is 6.54 Å². The van der Waals surface area contributed by atoms with Crippen LogP contribution in [0.15, 0.2) is 30.6 Å². The van der Waals surface area contributed by atoms with E-state index in [9.17, 15) is 0 Å². The number of nitrogens with zero attached hydrogens (tertiary/aromatic N) is 4. The van der Waals surface area contributed by atoms with Crippen LogP contribution < -0.4 is 0 Å². The van der Waals surface area contributed by atoms with Gasteiger partial charge < -0.3 is 14.1 Å². The van der Waals surface area contributed by atoms with E-state index in [0.717, 1.165) is 16.9 Å². The van der Waals surface area contributed by atoms with Crippen LogP contribution >= 0.6 is 12.2 Å². The average molecular weight is 269 g/mol. The molecule has 19 heavy (non-hydrogen) atoms. The van der Waals surface area contributed by atoms with E-state index in [1.165, 1.54) is 0 Å². The van der Waals surface area contributed by atoms with E-state index in [2.05, 4.69) is 16.0 Å². The Bertz CT molecular complexity index is 846. The standard InChI is InChI=1S/C13H11N5S/c1-17-5-4-15-12(17)8-18-11-6-9(7-14)2-3-10(11)16-13(18)19/h2-6H,8H2,1H3,(H,16,19). The monoisotopic (exact) mass is 269 g/mol. The summed E-state index contributed by atoms with van der Waals surface area (Å²) in [7, 11) is 1.95. The Balaban J connectivity index is 2.17. The van der Waals surface area contributed by atoms with E-state index >= 15 is 0 Å². The van der Waals surface area contributed by atoms with Gasteiger partial charge in [0.25, 0.3) is 0 Å². The first kappa shape index (κ1) is 11.7. The lowest BCUT2D eigenvalue weighted by Crippen LogP contribution is -2.05. The van der Waals surface area contributed by atoms with Crippen molar-refractivity contribution in [3.8, 4) is 6.07 Å². The summed E-state index contributed by atoms with van der Waals surface area (Å²) >= 11 is 5.34. The molecule has 0 aliphatic heterocycles. The van der Waals surface area contributed by atoms with Crippen LogP contribution in [0.2, 0.25) is 0 Å². The smallest absolute Gasteiger partial charge is 0.178 e. The molecule has 6 heteroatoms. The maximum Gasteiger partial charge on any atom is 0.178 e. The predicted octanol–water partition coefficient (Wildman–Crippen LogP) is 2.35. The van der Waals surface area contributed by atoms with Crippen molar-refractivity contribution in [2.24, 2.45) is 7.05 Å². The molecule has 0 unspecified atom stereocenters. The number of rotatable bonds is 2. The van der Waals surface area contributed by atoms with Gasteiger partial charge in [-0.2, -0.15) is 5.26 Å². The van der Waals surface area contributed by atoms with E-state index in [0.29, 0.717) is 16.9 Å². The lowest BCUT2D eigenvalue weighted by molar-refractivity contribution is 0.707. The highest BCUT2D eigenvalue weighted by Crippen LogP contribution is 2.17. The van der Waals surface area contributed by atoms with E-state index in [1.54, 1.807) is 12.3 Å². The number of benzene rings is 1. The van der Waals surface area contributed by atoms with Crippen LogP contribution in [0, 0.1) is 16.1 Å². The molecule has 0 spiro atoms. The summed E-state index contributed by atoms with van der Waals surface area (Å²) in [4.78, 5) is 7.44. The van der Waals surface area contributed by atoms with Crippen LogP contribution in [0.4, 0.5) is 0 Å². The molecule has 3 aromatic rings. The van der Waals surface area contributed by atoms with E-state index in [1.807, 2.05) is 34.5 Å². The maximum absolute atomic E-state index is 8.98. The van der Waals surface area contributed by atoms with Gasteiger partial charge in [0.2, 0.25) is 0 Å². The number of aryl methyl sites for hydroxylation is 1. The minimum Gasteiger partial charge on any atom is -0.337 e. The summed E-state index contributed by atoms with van der Waals surface area (Å²) < 4.78 is 4.54. The number of hydrogen-bond acceptors (Lipinski definition) is 3. The summed E-state index contributed by atoms with van der Waals surface area (Å²) in [5.41, 5.74) is 2.47. The molecule has 94 valence electrons. The Morgan fingerprint density at radius 1 is 1.47 bits per heavy atom. The lowest BCUT2D eigenvalue weighted by Gasteiger charge is -2.04. The molecule has 0 aliphatic carbocycles. The van der Waals surface area contributed by atoms with Crippen molar-refractivity contribution >= 4 is 23.3 Å². The lowest BCUT2D eigenvalue weighted by atomic mass is 10.2. The fourth-order valence-corrected chi connectivity index (χ4v) is 2.34. The Kier molecular flexibility index (Phi) is 2.69. The molecule has 1 N–H and O–H groups in total. The molecule has 0 bridgehead atoms. The number of hydrogen-bond donors (Lipinski definition) is 1. The van der Waals surface area contributed by atoms with Gasteiger partial charge >= 0.3 is 0 Å². The summed E-state index contributed by atoms with van der Waals surface area (Å²) in [6.07, 6.45) is 3.66. The predicted molar refractivity (Wildman–Crippen MR) is 74.1 cm³/mol. The highest BCUT2D eigenvalue weighted by Gasteiger charge is 2.08. The van der Waals surface area contributed by atoms with Crippen molar-refractivity contribution in [3.63, 3.8) is 0 Å². The van der Waals surface area contributed by atoms with Crippen LogP contribution in [0.1, 0.15) is 11.4 Å². The van der Waals surface area contributed by atoms with Gasteiger partial charge in [-0.3, -0.25) is 0 Å². The van der Waals surface area contributed by atoms with Gasteiger partial charge in [0.05, 0.1) is 29.2 Å². The van der Waals surface area contributed by atoms with Gasteiger partial charge in [0, 0.05) is 19.4 Å². The zero-order valence-corrected chi connectivity index (χ0v) is 11.1. The van der Waals surface area contributed by atoms with E-state index in [-0.39, 0.29) is 0 Å². The van der Waals surface area contributed by atoms with Gasteiger partial charge in [-0.1, -0.05) is 0 Å². The summed E-state index contributed by atoms with van der Waals surface area (Å²) in [6, 6.07) is 7.63. The van der Waals surface area contributed by atoms with Gasteiger partial charge in [-0.05, 0) is 30.4 Å². The third kappa shape index (κ3) is 1.94. The highest BCUT2D eigenvalue weighted by atomic mass is 32.1. The number of aromatic amines is 1. The first-order valence-electron chi connectivity index (χ1n) is 5.78. The van der Waals surface area contributed by atoms with Crippen LogP contribution in [0.5, 0.6) is 0 Å². The van der Waals surface area contributed by atoms with Crippen molar-refractivity contribution in [3.05, 3.63) is 46.8 Å². The topological polar surface area (TPSA) is 62.3 Å². The Morgan fingerprint density at radius 3 is 3.00 bits per heavy atom. The second kappa shape index (κ2) is 4.37. The number of nitrogens with one attached hydrogen (secondary N) is 1. The molecule has 1 aromatic carbocycles. The SMILES string of the molecule is Cn1ccnc1Cn1c(=S)[nH]c2ccc(C#N)cc21. The molecule has 0 aliphatic rings. The molecule has 5 nitrogen and oxygen atoms in total. The minimum atomic E-state index is 0.581. The molecular weight excluding hydrogens is 258 g/mol. The zero-order chi connectivity index (χ0) is 13.4. The van der Waals surface area contributed by atoms with Crippen molar-refractivity contribution < 1.29 is 0 Å². The first-order valence-corrected chi connectivity index (χ1v) is 6.19. The molecule has 0 saturated heterocycles. The molecule has 0 fully saturated rings. The van der Waals surface area contributed by atoms with Crippen LogP contribution in [0.25, 0.3) is 11.0 Å². The fraction of sp³-hybridized carbons (Fsp3) is 0.154. The minimum absolute atomic E-state index is 0.581. The summed E-state index contributed by atoms with van der Waals surface area (Å²) in [6.45, 7) is 0.581. The number of imidazole rings is 2. The Morgan fingerprint density at radius 2 is 2.32 bits per heavy atom. The molecule has 0 saturated carbocycles. The molecule has 2 heterocycles. The van der Waals surface area contributed by atoms with Crippen molar-refractivity contribution in [1.29, 1.82) is 5.26 Å². The average Bonchev–Trinajstić information content (AvgIpc) is 2.94. The molecule has 3 rings (SSSR count). The van der Waals surface area contributed by atoms with Gasteiger partial charge in [-0.25, -0.2) is 4.98 Å². The second-order valence-electron chi connectivity index (χ2n) is 4.31. The molecular formula is C13H11N5S. The Labute approximate surface area is 114 Å². The normalized spacial score (nSPS) is 10.7. The third-order valence-corrected chi connectivity index (χ3v) is 3.45. The first-order chi connectivity index (χ1) is 9.19. The van der Waals surface area contributed by atoms with Crippen molar-refractivity contribution in [1.82, 2.24) is 19.1 Å². The number of fused-ring (bicyclic) bond motifs is 1. The van der Waals surface area contributed by atoms with Crippen LogP contribution in [-0.2, 0) is 13.6 Å². The molecule has 0 amide bonds. The second-order valence-corrected chi connectivity index (χ2v) is 4.70. The summed E-state index contributed by atoms with van der Waals surface area (Å²) in [5.74, 6) is 0.916. The molecule has 0 atom stereocenters. The van der Waals surface area contributed by atoms with E-state index in [4.69, 9.17) is 17.5 Å². The number of H-pyrrole nitrogens is 1. The van der Waals surface area contributed by atoms with Crippen LogP contribution in [-0.4, -0.2) is 19.1 Å². The zero-order valence-electron chi connectivity index (χ0n) is 10.3. The summed E-state index contributed by atoms with van der Waals surface area (Å²) in [5, 5.41) is 8.98. The number of aromatic nitrogens is 4. The largest absolute Gasteiger partial charge is 0.337 e. The quantitative estimate of drug-likeness (QED) is 0.726. The van der Waals surface area contributed by atoms with Crippen LogP contribution in [0.3, 0.4) is 0 Å². The third-order valence-electron chi connectivity index (χ3n) is 3.12. The van der Waals surface area contributed by atoms with Gasteiger partial charge in [-0.15, -0.1) is 0 Å². The maximum atomic E-state index is 8.98. The molecule has 0 radical (unpaired) electrons. The number of nitriles is 1. The Hall–Kier alpha value is -2.39. The van der Waals surface area contributed by atoms with E-state index < -0.39 is 0 Å². The highest BCUT2D eigenvalue weighted by molar-refractivity contribution is 7.71.